The lowest BCUT2D eigenvalue weighted by Crippen LogP contribution is -2.21. The Bertz CT molecular complexity index is 343. The van der Waals surface area contributed by atoms with E-state index in [9.17, 15) is 0 Å². The van der Waals surface area contributed by atoms with Crippen LogP contribution in [-0.2, 0) is 0 Å². The lowest BCUT2D eigenvalue weighted by atomic mass is 10.1. The topological polar surface area (TPSA) is 45.0 Å². The van der Waals surface area contributed by atoms with Crippen molar-refractivity contribution in [2.45, 2.75) is 6.04 Å². The first-order valence-corrected chi connectivity index (χ1v) is 4.26. The van der Waals surface area contributed by atoms with Gasteiger partial charge in [-0.15, -0.1) is 0 Å². The van der Waals surface area contributed by atoms with Gasteiger partial charge in [-0.3, -0.25) is 5.32 Å². The number of fused-ring (bicyclic) bond motifs is 1. The molecule has 1 aliphatic rings. The second-order valence-electron chi connectivity index (χ2n) is 2.90. The molecule has 13 heavy (non-hydrogen) atoms. The van der Waals surface area contributed by atoms with E-state index in [1.807, 2.05) is 24.3 Å². The van der Waals surface area contributed by atoms with Gasteiger partial charge in [0.15, 0.2) is 0 Å². The van der Waals surface area contributed by atoms with Crippen LogP contribution in [0.3, 0.4) is 0 Å². The molecule has 1 heterocycles. The van der Waals surface area contributed by atoms with Crippen LogP contribution in [0.15, 0.2) is 24.3 Å². The molecule has 0 amide bonds. The average molecular weight is 174 g/mol. The molecule has 0 fully saturated rings. The van der Waals surface area contributed by atoms with Crippen molar-refractivity contribution in [3.63, 3.8) is 0 Å². The predicted octanol–water partition coefficient (Wildman–Crippen LogP) is 1.23. The molecular weight excluding hydrogens is 164 g/mol. The molecular formula is C10H10N2O. The van der Waals surface area contributed by atoms with Crippen LogP contribution < -0.4 is 10.1 Å². The van der Waals surface area contributed by atoms with E-state index in [1.54, 1.807) is 0 Å². The first-order chi connectivity index (χ1) is 6.42. The molecule has 1 aromatic carbocycles. The molecule has 1 N–H and O–H groups in total. The van der Waals surface area contributed by atoms with Crippen molar-refractivity contribution in [3.05, 3.63) is 29.8 Å². The van der Waals surface area contributed by atoms with Crippen molar-refractivity contribution in [1.29, 1.82) is 5.26 Å². The second-order valence-corrected chi connectivity index (χ2v) is 2.90. The van der Waals surface area contributed by atoms with E-state index in [4.69, 9.17) is 10.00 Å². The number of hydrogen-bond acceptors (Lipinski definition) is 3. The Kier molecular flexibility index (Phi) is 2.15. The average Bonchev–Trinajstić information content (AvgIpc) is 2.39. The molecule has 0 spiro atoms. The zero-order valence-electron chi connectivity index (χ0n) is 7.16. The molecule has 2 rings (SSSR count). The highest BCUT2D eigenvalue weighted by molar-refractivity contribution is 5.39. The molecule has 0 aliphatic carbocycles. The third-order valence-electron chi connectivity index (χ3n) is 2.07. The second kappa shape index (κ2) is 3.46. The smallest absolute Gasteiger partial charge is 0.125 e. The normalized spacial score (nSPS) is 20.7. The van der Waals surface area contributed by atoms with Gasteiger partial charge in [0.1, 0.15) is 18.4 Å². The minimum absolute atomic E-state index is 0.237. The molecule has 0 radical (unpaired) electrons. The van der Waals surface area contributed by atoms with E-state index in [0.29, 0.717) is 13.2 Å². The highest BCUT2D eigenvalue weighted by Gasteiger charge is 2.17. The van der Waals surface area contributed by atoms with Gasteiger partial charge in [0.05, 0.1) is 6.07 Å². The fraction of sp³-hybridized carbons (Fsp3) is 0.300. The Balaban J connectivity index is 2.43. The maximum absolute atomic E-state index is 8.89. The lowest BCUT2D eigenvalue weighted by molar-refractivity contribution is 0.325. The van der Waals surface area contributed by atoms with Crippen molar-refractivity contribution in [3.8, 4) is 11.8 Å². The number of hydrogen-bond donors (Lipinski definition) is 1. The molecule has 3 nitrogen and oxygen atoms in total. The van der Waals surface area contributed by atoms with Crippen LogP contribution in [0.5, 0.6) is 5.75 Å². The Morgan fingerprint density at radius 3 is 3.15 bits per heavy atom. The standard InChI is InChI=1S/C10H10N2O/c11-7-9-8-3-1-2-4-10(8)13-6-5-12-9/h1-4,9,12H,5-6H2/t9-/m0/s1. The van der Waals surface area contributed by atoms with Crippen molar-refractivity contribution in [2.24, 2.45) is 0 Å². The number of rotatable bonds is 0. The minimum atomic E-state index is -0.237. The van der Waals surface area contributed by atoms with Crippen molar-refractivity contribution in [2.75, 3.05) is 13.2 Å². The fourth-order valence-corrected chi connectivity index (χ4v) is 1.44. The van der Waals surface area contributed by atoms with E-state index in [2.05, 4.69) is 11.4 Å². The van der Waals surface area contributed by atoms with Gasteiger partial charge in [-0.05, 0) is 6.07 Å². The van der Waals surface area contributed by atoms with Crippen molar-refractivity contribution >= 4 is 0 Å². The van der Waals surface area contributed by atoms with Gasteiger partial charge in [-0.25, -0.2) is 0 Å². The quantitative estimate of drug-likeness (QED) is 0.643. The van der Waals surface area contributed by atoms with Gasteiger partial charge in [0.2, 0.25) is 0 Å². The number of ether oxygens (including phenoxy) is 1. The van der Waals surface area contributed by atoms with Crippen molar-refractivity contribution in [1.82, 2.24) is 5.32 Å². The summed E-state index contributed by atoms with van der Waals surface area (Å²) in [7, 11) is 0. The number of nitrogens with zero attached hydrogens (tertiary/aromatic N) is 1. The van der Waals surface area contributed by atoms with Gasteiger partial charge < -0.3 is 4.74 Å². The highest BCUT2D eigenvalue weighted by atomic mass is 16.5. The summed E-state index contributed by atoms with van der Waals surface area (Å²) in [5, 5.41) is 12.0. The first-order valence-electron chi connectivity index (χ1n) is 4.26. The third kappa shape index (κ3) is 1.49. The Morgan fingerprint density at radius 1 is 1.46 bits per heavy atom. The number of para-hydroxylation sites is 1. The number of benzene rings is 1. The minimum Gasteiger partial charge on any atom is -0.492 e. The van der Waals surface area contributed by atoms with Crippen molar-refractivity contribution < 1.29 is 4.74 Å². The summed E-state index contributed by atoms with van der Waals surface area (Å²) in [5.74, 6) is 0.819. The van der Waals surface area contributed by atoms with Gasteiger partial charge in [-0.2, -0.15) is 5.26 Å². The molecule has 66 valence electrons. The van der Waals surface area contributed by atoms with Gasteiger partial charge in [0, 0.05) is 12.1 Å². The third-order valence-corrected chi connectivity index (χ3v) is 2.07. The van der Waals surface area contributed by atoms with E-state index in [0.717, 1.165) is 11.3 Å². The van der Waals surface area contributed by atoms with Crippen LogP contribution in [0.4, 0.5) is 0 Å². The molecule has 0 saturated heterocycles. The first kappa shape index (κ1) is 8.09. The Hall–Kier alpha value is -1.53. The van der Waals surface area contributed by atoms with Crippen LogP contribution in [0.1, 0.15) is 11.6 Å². The summed E-state index contributed by atoms with van der Waals surface area (Å²) < 4.78 is 5.47. The van der Waals surface area contributed by atoms with Gasteiger partial charge >= 0.3 is 0 Å². The molecule has 0 aromatic heterocycles. The molecule has 0 saturated carbocycles. The van der Waals surface area contributed by atoms with E-state index >= 15 is 0 Å². The Morgan fingerprint density at radius 2 is 2.31 bits per heavy atom. The van der Waals surface area contributed by atoms with Crippen LogP contribution in [0, 0.1) is 11.3 Å². The summed E-state index contributed by atoms with van der Waals surface area (Å²) in [4.78, 5) is 0. The van der Waals surface area contributed by atoms with E-state index in [1.165, 1.54) is 0 Å². The van der Waals surface area contributed by atoms with E-state index in [-0.39, 0.29) is 6.04 Å². The largest absolute Gasteiger partial charge is 0.492 e. The molecule has 1 aromatic rings. The summed E-state index contributed by atoms with van der Waals surface area (Å²) >= 11 is 0. The zero-order valence-corrected chi connectivity index (χ0v) is 7.16. The SMILES string of the molecule is N#C[C@@H]1NCCOc2ccccc21. The molecule has 1 aliphatic heterocycles. The summed E-state index contributed by atoms with van der Waals surface area (Å²) in [6.45, 7) is 1.34. The molecule has 0 bridgehead atoms. The van der Waals surface area contributed by atoms with E-state index < -0.39 is 0 Å². The summed E-state index contributed by atoms with van der Waals surface area (Å²) in [5.41, 5.74) is 0.933. The molecule has 1 atom stereocenters. The maximum Gasteiger partial charge on any atom is 0.125 e. The van der Waals surface area contributed by atoms with Crippen LogP contribution in [-0.4, -0.2) is 13.2 Å². The highest BCUT2D eigenvalue weighted by Crippen LogP contribution is 2.25. The van der Waals surface area contributed by atoms with Crippen LogP contribution >= 0.6 is 0 Å². The zero-order chi connectivity index (χ0) is 9.10. The van der Waals surface area contributed by atoms with Gasteiger partial charge in [0.25, 0.3) is 0 Å². The van der Waals surface area contributed by atoms with Gasteiger partial charge in [-0.1, -0.05) is 18.2 Å². The molecule has 0 unspecified atom stereocenters. The van der Waals surface area contributed by atoms with Crippen LogP contribution in [0.25, 0.3) is 0 Å². The summed E-state index contributed by atoms with van der Waals surface area (Å²) in [6, 6.07) is 9.62. The fourth-order valence-electron chi connectivity index (χ4n) is 1.44. The Labute approximate surface area is 76.9 Å². The number of nitrogens with one attached hydrogen (secondary N) is 1. The lowest BCUT2D eigenvalue weighted by Gasteiger charge is -2.08. The maximum atomic E-state index is 8.89. The number of nitriles is 1. The molecule has 3 heteroatoms. The predicted molar refractivity (Wildman–Crippen MR) is 48.3 cm³/mol. The monoisotopic (exact) mass is 174 g/mol. The summed E-state index contributed by atoms with van der Waals surface area (Å²) in [6.07, 6.45) is 0. The van der Waals surface area contributed by atoms with Crippen LogP contribution in [0.2, 0.25) is 0 Å².